The van der Waals surface area contributed by atoms with E-state index in [0.29, 0.717) is 39.4 Å². The van der Waals surface area contributed by atoms with Crippen molar-refractivity contribution in [1.82, 2.24) is 20.1 Å². The number of benzene rings is 2. The van der Waals surface area contributed by atoms with Gasteiger partial charge in [-0.15, -0.1) is 16.8 Å². The third-order valence-corrected chi connectivity index (χ3v) is 6.41. The van der Waals surface area contributed by atoms with Gasteiger partial charge in [-0.05, 0) is 49.4 Å². The molecule has 12 heteroatoms. The number of halogens is 2. The summed E-state index contributed by atoms with van der Waals surface area (Å²) in [6.45, 7) is 6.27. The molecular formula is C24H23Cl2N5O4S. The molecule has 0 aliphatic carbocycles. The molecule has 3 rings (SSSR count). The fourth-order valence-corrected chi connectivity index (χ4v) is 4.06. The first-order valence-corrected chi connectivity index (χ1v) is 12.5. The van der Waals surface area contributed by atoms with Crippen LogP contribution >= 0.6 is 35.0 Å². The number of thioether (sulfide) groups is 1. The normalized spacial score (nSPS) is 10.5. The number of hydrogen-bond donors (Lipinski definition) is 2. The highest BCUT2D eigenvalue weighted by Gasteiger charge is 2.16. The lowest BCUT2D eigenvalue weighted by molar-refractivity contribution is -0.113. The van der Waals surface area contributed by atoms with Crippen molar-refractivity contribution < 1.29 is 19.1 Å². The first kappa shape index (κ1) is 27.3. The van der Waals surface area contributed by atoms with Crippen molar-refractivity contribution in [3.05, 3.63) is 82.1 Å². The molecule has 0 saturated heterocycles. The molecule has 0 aliphatic heterocycles. The van der Waals surface area contributed by atoms with Crippen LogP contribution in [0.5, 0.6) is 0 Å². The zero-order valence-electron chi connectivity index (χ0n) is 19.3. The Balaban J connectivity index is 1.57. The van der Waals surface area contributed by atoms with Gasteiger partial charge in [0, 0.05) is 17.8 Å². The van der Waals surface area contributed by atoms with E-state index in [-0.39, 0.29) is 35.7 Å². The highest BCUT2D eigenvalue weighted by molar-refractivity contribution is 7.99. The first-order chi connectivity index (χ1) is 17.3. The summed E-state index contributed by atoms with van der Waals surface area (Å²) >= 11 is 13.1. The minimum atomic E-state index is -0.420. The Kier molecular flexibility index (Phi) is 9.92. The molecule has 188 valence electrons. The minimum absolute atomic E-state index is 0.0739. The molecule has 9 nitrogen and oxygen atoms in total. The summed E-state index contributed by atoms with van der Waals surface area (Å²) in [4.78, 5) is 36.6. The molecule has 1 aromatic heterocycles. The lowest BCUT2D eigenvalue weighted by Crippen LogP contribution is -2.25. The maximum Gasteiger partial charge on any atom is 0.338 e. The molecule has 2 N–H and O–H groups in total. The number of nitrogens with zero attached hydrogens (tertiary/aromatic N) is 3. The van der Waals surface area contributed by atoms with Crippen molar-refractivity contribution in [2.24, 2.45) is 0 Å². The van der Waals surface area contributed by atoms with Crippen LogP contribution < -0.4 is 10.6 Å². The highest BCUT2D eigenvalue weighted by atomic mass is 35.5. The third-order valence-electron chi connectivity index (χ3n) is 4.71. The topological polar surface area (TPSA) is 115 Å². The van der Waals surface area contributed by atoms with E-state index in [9.17, 15) is 14.4 Å². The van der Waals surface area contributed by atoms with Gasteiger partial charge in [0.05, 0.1) is 34.5 Å². The van der Waals surface area contributed by atoms with Crippen LogP contribution in [0.2, 0.25) is 10.0 Å². The van der Waals surface area contributed by atoms with Crippen molar-refractivity contribution in [2.75, 3.05) is 17.7 Å². The number of rotatable bonds is 11. The van der Waals surface area contributed by atoms with Crippen molar-refractivity contribution in [3.63, 3.8) is 0 Å². The Hall–Kier alpha value is -3.34. The number of allylic oxidation sites excluding steroid dienone is 1. The fourth-order valence-electron chi connectivity index (χ4n) is 3.00. The summed E-state index contributed by atoms with van der Waals surface area (Å²) in [6, 6.07) is 11.0. The second-order valence-corrected chi connectivity index (χ2v) is 9.00. The van der Waals surface area contributed by atoms with Crippen LogP contribution in [0.1, 0.15) is 33.5 Å². The number of ether oxygens (including phenoxy) is 1. The van der Waals surface area contributed by atoms with E-state index < -0.39 is 5.97 Å². The average Bonchev–Trinajstić information content (AvgIpc) is 3.25. The molecule has 2 amide bonds. The molecule has 3 aromatic rings. The lowest BCUT2D eigenvalue weighted by atomic mass is 10.2. The molecule has 1 heterocycles. The average molecular weight is 548 g/mol. The zero-order valence-corrected chi connectivity index (χ0v) is 21.6. The molecule has 36 heavy (non-hydrogen) atoms. The number of esters is 1. The van der Waals surface area contributed by atoms with Crippen LogP contribution in [0.25, 0.3) is 0 Å². The molecule has 2 aromatic carbocycles. The van der Waals surface area contributed by atoms with Crippen LogP contribution in [0.3, 0.4) is 0 Å². The number of anilines is 1. The number of nitrogens with one attached hydrogen (secondary N) is 2. The SMILES string of the molecule is C=CCn1c(CNC(=O)c2ccc(Cl)c(Cl)c2)nnc1SCC(=O)Nc1ccc(C(=O)OCC)cc1. The van der Waals surface area contributed by atoms with Crippen molar-refractivity contribution >= 4 is 58.4 Å². The van der Waals surface area contributed by atoms with E-state index in [0.717, 1.165) is 0 Å². The van der Waals surface area contributed by atoms with E-state index in [1.54, 1.807) is 54.0 Å². The number of carbonyl (C=O) groups excluding carboxylic acids is 3. The van der Waals surface area contributed by atoms with Gasteiger partial charge in [0.15, 0.2) is 11.0 Å². The van der Waals surface area contributed by atoms with E-state index in [2.05, 4.69) is 27.4 Å². The van der Waals surface area contributed by atoms with Gasteiger partial charge in [-0.25, -0.2) is 4.79 Å². The Bertz CT molecular complexity index is 1260. The Morgan fingerprint density at radius 3 is 2.47 bits per heavy atom. The first-order valence-electron chi connectivity index (χ1n) is 10.8. The minimum Gasteiger partial charge on any atom is -0.462 e. The lowest BCUT2D eigenvalue weighted by Gasteiger charge is -2.10. The van der Waals surface area contributed by atoms with Crippen LogP contribution in [0.15, 0.2) is 60.3 Å². The van der Waals surface area contributed by atoms with Crippen molar-refractivity contribution in [2.45, 2.75) is 25.2 Å². The van der Waals surface area contributed by atoms with Gasteiger partial charge >= 0.3 is 5.97 Å². The second kappa shape index (κ2) is 13.1. The van der Waals surface area contributed by atoms with Crippen LogP contribution in [-0.4, -0.2) is 44.9 Å². The Labute approximate surface area is 222 Å². The standard InChI is InChI=1S/C24H23Cl2N5O4S/c1-3-11-31-20(13-27-22(33)16-7-10-18(25)19(26)12-16)29-30-24(31)36-14-21(32)28-17-8-5-15(6-9-17)23(34)35-4-2/h3,5-10,12H,1,4,11,13-14H2,2H3,(H,27,33)(H,28,32). The van der Waals surface area contributed by atoms with Gasteiger partial charge in [-0.2, -0.15) is 0 Å². The smallest absolute Gasteiger partial charge is 0.338 e. The molecule has 0 bridgehead atoms. The van der Waals surface area contributed by atoms with E-state index in [4.69, 9.17) is 27.9 Å². The van der Waals surface area contributed by atoms with Gasteiger partial charge < -0.3 is 19.9 Å². The third kappa shape index (κ3) is 7.33. The quantitative estimate of drug-likeness (QED) is 0.204. The van der Waals surface area contributed by atoms with E-state index in [1.165, 1.54) is 17.8 Å². The number of aromatic nitrogens is 3. The largest absolute Gasteiger partial charge is 0.462 e. The Morgan fingerprint density at radius 2 is 1.81 bits per heavy atom. The maximum absolute atomic E-state index is 12.5. The van der Waals surface area contributed by atoms with Gasteiger partial charge in [-0.1, -0.05) is 41.0 Å². The maximum atomic E-state index is 12.5. The second-order valence-electron chi connectivity index (χ2n) is 7.24. The van der Waals surface area contributed by atoms with Crippen LogP contribution in [0.4, 0.5) is 5.69 Å². The van der Waals surface area contributed by atoms with Crippen LogP contribution in [-0.2, 0) is 22.6 Å². The summed E-state index contributed by atoms with van der Waals surface area (Å²) in [5, 5.41) is 15.0. The summed E-state index contributed by atoms with van der Waals surface area (Å²) in [5.41, 5.74) is 1.31. The fraction of sp³-hybridized carbons (Fsp3) is 0.208. The predicted octanol–water partition coefficient (Wildman–Crippen LogP) is 4.61. The van der Waals surface area contributed by atoms with Crippen molar-refractivity contribution in [1.29, 1.82) is 0 Å². The summed E-state index contributed by atoms with van der Waals surface area (Å²) < 4.78 is 6.70. The number of amides is 2. The van der Waals surface area contributed by atoms with E-state index >= 15 is 0 Å². The van der Waals surface area contributed by atoms with E-state index in [1.807, 2.05) is 0 Å². The van der Waals surface area contributed by atoms with Crippen LogP contribution in [0, 0.1) is 0 Å². The molecule has 0 unspecified atom stereocenters. The summed E-state index contributed by atoms with van der Waals surface area (Å²) in [5.74, 6) is -0.446. The van der Waals surface area contributed by atoms with Gasteiger partial charge in [0.25, 0.3) is 5.91 Å². The summed E-state index contributed by atoms with van der Waals surface area (Å²) in [6.07, 6.45) is 1.67. The molecule has 0 radical (unpaired) electrons. The molecule has 0 atom stereocenters. The monoisotopic (exact) mass is 547 g/mol. The molecule has 0 fully saturated rings. The van der Waals surface area contributed by atoms with Gasteiger partial charge in [0.1, 0.15) is 0 Å². The molecular weight excluding hydrogens is 525 g/mol. The van der Waals surface area contributed by atoms with Crippen molar-refractivity contribution in [3.8, 4) is 0 Å². The number of hydrogen-bond acceptors (Lipinski definition) is 7. The molecule has 0 saturated carbocycles. The molecule has 0 aliphatic rings. The number of carbonyl (C=O) groups is 3. The van der Waals surface area contributed by atoms with Gasteiger partial charge in [-0.3, -0.25) is 9.59 Å². The Morgan fingerprint density at radius 1 is 1.08 bits per heavy atom. The van der Waals surface area contributed by atoms with Gasteiger partial charge in [0.2, 0.25) is 5.91 Å². The highest BCUT2D eigenvalue weighted by Crippen LogP contribution is 2.23. The summed E-state index contributed by atoms with van der Waals surface area (Å²) in [7, 11) is 0. The molecule has 0 spiro atoms. The zero-order chi connectivity index (χ0) is 26.1. The predicted molar refractivity (Wildman–Crippen MR) is 140 cm³/mol.